The molecule has 96 valence electrons. The van der Waals surface area contributed by atoms with Crippen LogP contribution in [0.3, 0.4) is 0 Å². The van der Waals surface area contributed by atoms with Gasteiger partial charge in [0.1, 0.15) is 11.6 Å². The zero-order valence-electron chi connectivity index (χ0n) is 9.50. The van der Waals surface area contributed by atoms with Crippen LogP contribution in [0.15, 0.2) is 35.6 Å². The number of aromatic nitrogens is 3. The smallest absolute Gasteiger partial charge is 0.240 e. The number of nitrogens with two attached hydrogens (primary N) is 1. The van der Waals surface area contributed by atoms with Crippen LogP contribution in [0.25, 0.3) is 0 Å². The molecule has 0 aliphatic rings. The number of H-pyrrole nitrogens is 1. The second-order valence-corrected chi connectivity index (χ2v) is 5.37. The second-order valence-electron chi connectivity index (χ2n) is 3.60. The summed E-state index contributed by atoms with van der Waals surface area (Å²) < 4.78 is 26.2. The fourth-order valence-electron chi connectivity index (χ4n) is 1.42. The molecule has 0 fully saturated rings. The van der Waals surface area contributed by atoms with Crippen molar-refractivity contribution >= 4 is 15.8 Å². The van der Waals surface area contributed by atoms with Crippen molar-refractivity contribution in [1.29, 1.82) is 0 Å². The minimum Gasteiger partial charge on any atom is -0.384 e. The highest BCUT2D eigenvalue weighted by Crippen LogP contribution is 2.09. The zero-order chi connectivity index (χ0) is 13.0. The molecule has 4 N–H and O–H groups in total. The molecular weight excluding hydrogens is 254 g/mol. The standard InChI is InChI=1S/C10H13N5O2S/c11-9-7-8(1-3-12-9)18(16,17)15-4-2-10-13-5-6-14-10/h1,3,5-7,15H,2,4H2,(H2,11,12)(H,13,14). The van der Waals surface area contributed by atoms with E-state index < -0.39 is 10.0 Å². The SMILES string of the molecule is Nc1cc(S(=O)(=O)NCCc2ncc[nH]2)ccn1. The van der Waals surface area contributed by atoms with E-state index in [2.05, 4.69) is 19.7 Å². The summed E-state index contributed by atoms with van der Waals surface area (Å²) in [5.74, 6) is 0.899. The van der Waals surface area contributed by atoms with Crippen LogP contribution in [0.4, 0.5) is 5.82 Å². The van der Waals surface area contributed by atoms with E-state index in [0.29, 0.717) is 6.42 Å². The molecule has 0 saturated heterocycles. The number of sulfonamides is 1. The Morgan fingerprint density at radius 3 is 2.83 bits per heavy atom. The predicted octanol–water partition coefficient (Wildman–Crippen LogP) is -0.0921. The van der Waals surface area contributed by atoms with Crippen LogP contribution in [0.5, 0.6) is 0 Å². The van der Waals surface area contributed by atoms with Crippen LogP contribution in [0.1, 0.15) is 5.82 Å². The minimum absolute atomic E-state index is 0.106. The van der Waals surface area contributed by atoms with Crippen LogP contribution in [-0.4, -0.2) is 29.9 Å². The Labute approximate surface area is 105 Å². The van der Waals surface area contributed by atoms with Crippen molar-refractivity contribution in [2.75, 3.05) is 12.3 Å². The number of nitrogens with one attached hydrogen (secondary N) is 2. The third-order valence-electron chi connectivity index (χ3n) is 2.27. The predicted molar refractivity (Wildman–Crippen MR) is 66.1 cm³/mol. The van der Waals surface area contributed by atoms with Gasteiger partial charge in [0.05, 0.1) is 4.90 Å². The second kappa shape index (κ2) is 5.15. The van der Waals surface area contributed by atoms with Gasteiger partial charge in [-0.25, -0.2) is 23.1 Å². The fourth-order valence-corrected chi connectivity index (χ4v) is 2.47. The van der Waals surface area contributed by atoms with Crippen molar-refractivity contribution < 1.29 is 8.42 Å². The van der Waals surface area contributed by atoms with Crippen molar-refractivity contribution in [2.24, 2.45) is 0 Å². The summed E-state index contributed by atoms with van der Waals surface area (Å²) in [7, 11) is -3.55. The van der Waals surface area contributed by atoms with Gasteiger partial charge in [-0.15, -0.1) is 0 Å². The lowest BCUT2D eigenvalue weighted by Crippen LogP contribution is -2.26. The van der Waals surface area contributed by atoms with E-state index in [4.69, 9.17) is 5.73 Å². The van der Waals surface area contributed by atoms with Gasteiger partial charge in [0, 0.05) is 37.6 Å². The lowest BCUT2D eigenvalue weighted by Gasteiger charge is -2.06. The van der Waals surface area contributed by atoms with Crippen molar-refractivity contribution in [3.8, 4) is 0 Å². The van der Waals surface area contributed by atoms with Crippen molar-refractivity contribution in [3.05, 3.63) is 36.5 Å². The van der Waals surface area contributed by atoms with Gasteiger partial charge in [0.2, 0.25) is 10.0 Å². The summed E-state index contributed by atoms with van der Waals surface area (Å²) >= 11 is 0. The molecule has 2 aromatic heterocycles. The highest BCUT2D eigenvalue weighted by atomic mass is 32.2. The number of imidazole rings is 1. The average molecular weight is 267 g/mol. The molecule has 2 rings (SSSR count). The molecule has 8 heteroatoms. The molecule has 0 aliphatic carbocycles. The monoisotopic (exact) mass is 267 g/mol. The number of nitrogens with zero attached hydrogens (tertiary/aromatic N) is 2. The summed E-state index contributed by atoms with van der Waals surface area (Å²) in [6, 6.07) is 2.71. The van der Waals surface area contributed by atoms with Gasteiger partial charge in [-0.2, -0.15) is 0 Å². The molecule has 2 aromatic rings. The molecule has 0 saturated carbocycles. The van der Waals surface area contributed by atoms with Gasteiger partial charge in [-0.3, -0.25) is 0 Å². The Morgan fingerprint density at radius 2 is 2.17 bits per heavy atom. The summed E-state index contributed by atoms with van der Waals surface area (Å²) in [5, 5.41) is 0. The highest BCUT2D eigenvalue weighted by molar-refractivity contribution is 7.89. The van der Waals surface area contributed by atoms with Crippen molar-refractivity contribution in [3.63, 3.8) is 0 Å². The summed E-state index contributed by atoms with van der Waals surface area (Å²) in [6.07, 6.45) is 5.16. The Morgan fingerprint density at radius 1 is 1.33 bits per heavy atom. The third-order valence-corrected chi connectivity index (χ3v) is 3.73. The molecular formula is C10H13N5O2S. The Kier molecular flexibility index (Phi) is 3.58. The largest absolute Gasteiger partial charge is 0.384 e. The van der Waals surface area contributed by atoms with Gasteiger partial charge < -0.3 is 10.7 Å². The van der Waals surface area contributed by atoms with Gasteiger partial charge >= 0.3 is 0 Å². The van der Waals surface area contributed by atoms with Crippen LogP contribution < -0.4 is 10.5 Å². The van der Waals surface area contributed by atoms with Gasteiger partial charge in [0.15, 0.2) is 0 Å². The normalized spacial score (nSPS) is 11.6. The number of aromatic amines is 1. The topological polar surface area (TPSA) is 114 Å². The number of nitrogen functional groups attached to an aromatic ring is 1. The molecule has 0 bridgehead atoms. The fraction of sp³-hybridized carbons (Fsp3) is 0.200. The zero-order valence-corrected chi connectivity index (χ0v) is 10.3. The van der Waals surface area contributed by atoms with Crippen LogP contribution in [-0.2, 0) is 16.4 Å². The van der Waals surface area contributed by atoms with E-state index in [-0.39, 0.29) is 17.3 Å². The molecule has 0 atom stereocenters. The first-order chi connectivity index (χ1) is 8.58. The van der Waals surface area contributed by atoms with Crippen LogP contribution in [0.2, 0.25) is 0 Å². The lowest BCUT2D eigenvalue weighted by atomic mass is 10.4. The first-order valence-electron chi connectivity index (χ1n) is 5.27. The molecule has 0 aromatic carbocycles. The maximum atomic E-state index is 11.9. The van der Waals surface area contributed by atoms with Crippen molar-refractivity contribution in [1.82, 2.24) is 19.7 Å². The average Bonchev–Trinajstić information content (AvgIpc) is 2.82. The third kappa shape index (κ3) is 3.05. The Bertz CT molecular complexity index is 609. The number of hydrogen-bond donors (Lipinski definition) is 3. The Hall–Kier alpha value is -1.93. The number of pyridine rings is 1. The van der Waals surface area contributed by atoms with Gasteiger partial charge in [-0.05, 0) is 6.07 Å². The van der Waals surface area contributed by atoms with Crippen LogP contribution in [0, 0.1) is 0 Å². The molecule has 0 amide bonds. The number of hydrogen-bond acceptors (Lipinski definition) is 5. The van der Waals surface area contributed by atoms with E-state index in [1.165, 1.54) is 18.3 Å². The van der Waals surface area contributed by atoms with Gasteiger partial charge in [0.25, 0.3) is 0 Å². The summed E-state index contributed by atoms with van der Waals surface area (Å²) in [4.78, 5) is 10.7. The molecule has 2 heterocycles. The number of rotatable bonds is 5. The maximum absolute atomic E-state index is 11.9. The Balaban J connectivity index is 1.99. The summed E-state index contributed by atoms with van der Waals surface area (Å²) in [5.41, 5.74) is 5.44. The number of anilines is 1. The summed E-state index contributed by atoms with van der Waals surface area (Å²) in [6.45, 7) is 0.262. The van der Waals surface area contributed by atoms with Crippen LogP contribution >= 0.6 is 0 Å². The molecule has 0 aliphatic heterocycles. The molecule has 18 heavy (non-hydrogen) atoms. The quantitative estimate of drug-likeness (QED) is 0.700. The highest BCUT2D eigenvalue weighted by Gasteiger charge is 2.13. The van der Waals surface area contributed by atoms with E-state index >= 15 is 0 Å². The van der Waals surface area contributed by atoms with Gasteiger partial charge in [-0.1, -0.05) is 0 Å². The first kappa shape index (κ1) is 12.5. The molecule has 0 spiro atoms. The molecule has 7 nitrogen and oxygen atoms in total. The van der Waals surface area contributed by atoms with E-state index in [1.54, 1.807) is 12.4 Å². The van der Waals surface area contributed by atoms with E-state index in [1.807, 2.05) is 0 Å². The first-order valence-corrected chi connectivity index (χ1v) is 6.76. The minimum atomic E-state index is -3.55. The van der Waals surface area contributed by atoms with E-state index in [9.17, 15) is 8.42 Å². The maximum Gasteiger partial charge on any atom is 0.240 e. The van der Waals surface area contributed by atoms with E-state index in [0.717, 1.165) is 5.82 Å². The van der Waals surface area contributed by atoms with Crippen molar-refractivity contribution in [2.45, 2.75) is 11.3 Å². The lowest BCUT2D eigenvalue weighted by molar-refractivity contribution is 0.581. The molecule has 0 radical (unpaired) electrons. The molecule has 0 unspecified atom stereocenters.